The zero-order chi connectivity index (χ0) is 28.4. The van der Waals surface area contributed by atoms with Gasteiger partial charge in [0.25, 0.3) is 5.91 Å². The third kappa shape index (κ3) is 5.69. The van der Waals surface area contributed by atoms with Crippen molar-refractivity contribution in [1.29, 1.82) is 0 Å². The maximum Gasteiger partial charge on any atom is 0.417 e. The number of carbonyl (C=O) groups is 1. The number of nitrogens with zero attached hydrogens (tertiary/aromatic N) is 3. The number of fused-ring (bicyclic) bond motifs is 1. The van der Waals surface area contributed by atoms with E-state index >= 15 is 0 Å². The van der Waals surface area contributed by atoms with Crippen LogP contribution < -0.4 is 16.4 Å². The van der Waals surface area contributed by atoms with E-state index in [1.54, 1.807) is 6.07 Å². The topological polar surface area (TPSA) is 106 Å². The van der Waals surface area contributed by atoms with Crippen LogP contribution in [0.15, 0.2) is 67.1 Å². The quantitative estimate of drug-likeness (QED) is 0.202. The maximum atomic E-state index is 13.8. The standard InChI is InChI=1S/C27H19F5N6OS/c28-19-4-1-14(9-20(19)29)11-36-26(39)23-18(27(30,31)32)7-8-34-25(23)35-12-16-3-6-22(40-16)15-2-5-21-17(10-15)24(33)38-13-37-21/h1-10,13H,11-12H2,(H,34,35)(H,36,39)(H2,33,37,38). The summed E-state index contributed by atoms with van der Waals surface area (Å²) < 4.78 is 68.1. The molecule has 204 valence electrons. The predicted octanol–water partition coefficient (Wildman–Crippen LogP) is 6.17. The third-order valence-electron chi connectivity index (χ3n) is 5.96. The molecule has 5 aromatic rings. The van der Waals surface area contributed by atoms with E-state index in [1.165, 1.54) is 23.7 Å². The van der Waals surface area contributed by atoms with Crippen molar-refractivity contribution < 1.29 is 26.7 Å². The molecule has 0 aliphatic heterocycles. The van der Waals surface area contributed by atoms with Gasteiger partial charge in [-0.2, -0.15) is 13.2 Å². The molecule has 13 heteroatoms. The van der Waals surface area contributed by atoms with Gasteiger partial charge in [-0.05, 0) is 53.6 Å². The molecule has 0 atom stereocenters. The van der Waals surface area contributed by atoms with E-state index < -0.39 is 34.8 Å². The summed E-state index contributed by atoms with van der Waals surface area (Å²) in [5.74, 6) is -3.22. The van der Waals surface area contributed by atoms with Gasteiger partial charge in [0.05, 0.1) is 23.2 Å². The number of amides is 1. The van der Waals surface area contributed by atoms with E-state index in [9.17, 15) is 26.7 Å². The lowest BCUT2D eigenvalue weighted by Gasteiger charge is -2.17. The number of alkyl halides is 3. The van der Waals surface area contributed by atoms with Crippen LogP contribution in [0.4, 0.5) is 33.6 Å². The third-order valence-corrected chi connectivity index (χ3v) is 7.10. The molecule has 0 bridgehead atoms. The van der Waals surface area contributed by atoms with Crippen molar-refractivity contribution in [3.63, 3.8) is 0 Å². The molecule has 0 radical (unpaired) electrons. The Morgan fingerprint density at radius 2 is 1.75 bits per heavy atom. The van der Waals surface area contributed by atoms with E-state index in [0.717, 1.165) is 33.6 Å². The fourth-order valence-electron chi connectivity index (χ4n) is 4.01. The lowest BCUT2D eigenvalue weighted by Crippen LogP contribution is -2.27. The first kappa shape index (κ1) is 26.9. The van der Waals surface area contributed by atoms with Crippen molar-refractivity contribution in [3.05, 3.63) is 100 Å². The van der Waals surface area contributed by atoms with Gasteiger partial charge < -0.3 is 16.4 Å². The normalized spacial score (nSPS) is 11.5. The largest absolute Gasteiger partial charge is 0.417 e. The Morgan fingerprint density at radius 1 is 0.925 bits per heavy atom. The summed E-state index contributed by atoms with van der Waals surface area (Å²) in [6, 6.07) is 12.9. The Hall–Kier alpha value is -4.65. The summed E-state index contributed by atoms with van der Waals surface area (Å²) in [5, 5.41) is 5.86. The fourth-order valence-corrected chi connectivity index (χ4v) is 4.95. The number of halogens is 5. The molecule has 7 nitrogen and oxygen atoms in total. The number of hydrogen-bond acceptors (Lipinski definition) is 7. The number of nitrogens with one attached hydrogen (secondary N) is 2. The number of thiophene rings is 1. The molecule has 3 aromatic heterocycles. The van der Waals surface area contributed by atoms with Crippen LogP contribution in [0.5, 0.6) is 0 Å². The van der Waals surface area contributed by atoms with Crippen LogP contribution in [0.3, 0.4) is 0 Å². The highest BCUT2D eigenvalue weighted by Crippen LogP contribution is 2.35. The Bertz CT molecular complexity index is 1720. The van der Waals surface area contributed by atoms with Crippen molar-refractivity contribution >= 4 is 39.8 Å². The minimum absolute atomic E-state index is 0.0846. The summed E-state index contributed by atoms with van der Waals surface area (Å²) in [5.41, 5.74) is 5.80. The van der Waals surface area contributed by atoms with E-state index in [2.05, 4.69) is 25.6 Å². The van der Waals surface area contributed by atoms with Gasteiger partial charge in [0.15, 0.2) is 11.6 Å². The molecule has 2 aromatic carbocycles. The number of aromatic nitrogens is 3. The second kappa shape index (κ2) is 10.8. The molecular formula is C27H19F5N6OS. The van der Waals surface area contributed by atoms with Gasteiger partial charge in [-0.15, -0.1) is 11.3 Å². The van der Waals surface area contributed by atoms with Crippen LogP contribution in [0, 0.1) is 11.6 Å². The molecule has 40 heavy (non-hydrogen) atoms. The Kier molecular flexibility index (Phi) is 7.30. The first-order valence-electron chi connectivity index (χ1n) is 11.7. The summed E-state index contributed by atoms with van der Waals surface area (Å²) in [6.07, 6.45) is -2.50. The second-order valence-electron chi connectivity index (χ2n) is 8.62. The van der Waals surface area contributed by atoms with Gasteiger partial charge in [0, 0.05) is 27.9 Å². The molecular weight excluding hydrogens is 551 g/mol. The number of rotatable bonds is 7. The van der Waals surface area contributed by atoms with Crippen LogP contribution >= 0.6 is 11.3 Å². The predicted molar refractivity (Wildman–Crippen MR) is 141 cm³/mol. The fraction of sp³-hybridized carbons (Fsp3) is 0.111. The number of anilines is 2. The molecule has 3 heterocycles. The molecule has 0 unspecified atom stereocenters. The van der Waals surface area contributed by atoms with Crippen molar-refractivity contribution in [2.75, 3.05) is 11.1 Å². The summed E-state index contributed by atoms with van der Waals surface area (Å²) in [7, 11) is 0. The number of nitrogens with two attached hydrogens (primary N) is 1. The zero-order valence-electron chi connectivity index (χ0n) is 20.4. The number of hydrogen-bond donors (Lipinski definition) is 3. The maximum absolute atomic E-state index is 13.8. The number of benzene rings is 2. The second-order valence-corrected chi connectivity index (χ2v) is 9.79. The van der Waals surface area contributed by atoms with Gasteiger partial charge in [0.1, 0.15) is 18.0 Å². The van der Waals surface area contributed by atoms with Crippen LogP contribution in [0.1, 0.15) is 26.4 Å². The number of nitrogen functional groups attached to an aromatic ring is 1. The molecule has 0 aliphatic carbocycles. The molecule has 0 saturated carbocycles. The molecule has 0 saturated heterocycles. The molecule has 0 aliphatic rings. The Labute approximate surface area is 227 Å². The van der Waals surface area contributed by atoms with E-state index in [0.29, 0.717) is 22.8 Å². The van der Waals surface area contributed by atoms with Crippen molar-refractivity contribution in [2.24, 2.45) is 0 Å². The van der Waals surface area contributed by atoms with E-state index in [1.807, 2.05) is 24.3 Å². The Morgan fingerprint density at radius 3 is 2.52 bits per heavy atom. The lowest BCUT2D eigenvalue weighted by molar-refractivity contribution is -0.137. The van der Waals surface area contributed by atoms with Crippen LogP contribution in [-0.2, 0) is 19.3 Å². The minimum Gasteiger partial charge on any atom is -0.383 e. The molecule has 5 rings (SSSR count). The summed E-state index contributed by atoms with van der Waals surface area (Å²) in [6.45, 7) is -0.238. The number of pyridine rings is 1. The lowest BCUT2D eigenvalue weighted by atomic mass is 10.1. The average Bonchev–Trinajstić information content (AvgIpc) is 3.41. The summed E-state index contributed by atoms with van der Waals surface area (Å²) >= 11 is 1.39. The Balaban J connectivity index is 1.36. The molecule has 0 spiro atoms. The highest BCUT2D eigenvalue weighted by molar-refractivity contribution is 7.15. The van der Waals surface area contributed by atoms with Crippen LogP contribution in [0.25, 0.3) is 21.3 Å². The van der Waals surface area contributed by atoms with Gasteiger partial charge >= 0.3 is 6.18 Å². The zero-order valence-corrected chi connectivity index (χ0v) is 21.2. The first-order valence-corrected chi connectivity index (χ1v) is 12.5. The molecule has 0 fully saturated rings. The molecule has 1 amide bonds. The number of carbonyl (C=O) groups excluding carboxylic acids is 1. The minimum atomic E-state index is -4.84. The SMILES string of the molecule is Nc1ncnc2ccc(-c3ccc(CNc4nccc(C(F)(F)F)c4C(=O)NCc4ccc(F)c(F)c4)s3)cc12. The van der Waals surface area contributed by atoms with Crippen LogP contribution in [0.2, 0.25) is 0 Å². The highest BCUT2D eigenvalue weighted by Gasteiger charge is 2.37. The van der Waals surface area contributed by atoms with Crippen molar-refractivity contribution in [3.8, 4) is 10.4 Å². The van der Waals surface area contributed by atoms with Crippen molar-refractivity contribution in [2.45, 2.75) is 19.3 Å². The smallest absolute Gasteiger partial charge is 0.383 e. The molecule has 4 N–H and O–H groups in total. The summed E-state index contributed by atoms with van der Waals surface area (Å²) in [4.78, 5) is 26.7. The van der Waals surface area contributed by atoms with Gasteiger partial charge in [0.2, 0.25) is 0 Å². The van der Waals surface area contributed by atoms with Gasteiger partial charge in [-0.3, -0.25) is 4.79 Å². The van der Waals surface area contributed by atoms with Crippen molar-refractivity contribution in [1.82, 2.24) is 20.3 Å². The highest BCUT2D eigenvalue weighted by atomic mass is 32.1. The van der Waals surface area contributed by atoms with Crippen LogP contribution in [-0.4, -0.2) is 20.9 Å². The first-order chi connectivity index (χ1) is 19.1. The van der Waals surface area contributed by atoms with E-state index in [-0.39, 0.29) is 24.5 Å². The van der Waals surface area contributed by atoms with E-state index in [4.69, 9.17) is 5.73 Å². The average molecular weight is 571 g/mol. The van der Waals surface area contributed by atoms with Gasteiger partial charge in [-0.25, -0.2) is 23.7 Å². The van der Waals surface area contributed by atoms with Gasteiger partial charge in [-0.1, -0.05) is 12.1 Å². The monoisotopic (exact) mass is 570 g/mol.